The van der Waals surface area contributed by atoms with E-state index >= 15 is 0 Å². The summed E-state index contributed by atoms with van der Waals surface area (Å²) in [5, 5.41) is 3.60. The van der Waals surface area contributed by atoms with Crippen LogP contribution in [0.2, 0.25) is 5.02 Å². The molecule has 0 bridgehead atoms. The highest BCUT2D eigenvalue weighted by atomic mass is 35.5. The molecule has 0 unspecified atom stereocenters. The van der Waals surface area contributed by atoms with E-state index in [4.69, 9.17) is 11.6 Å². The van der Waals surface area contributed by atoms with Crippen molar-refractivity contribution in [2.24, 2.45) is 11.3 Å². The Hall–Kier alpha value is -1.59. The lowest BCUT2D eigenvalue weighted by molar-refractivity contribution is -0.142. The number of nitrogens with zero attached hydrogens (tertiary/aromatic N) is 2. The number of hydrogen-bond donors (Lipinski definition) is 1. The monoisotopic (exact) mass is 379 g/mol. The van der Waals surface area contributed by atoms with Gasteiger partial charge in [0.05, 0.1) is 5.92 Å². The minimum atomic E-state index is -0.422. The molecule has 1 saturated heterocycles. The van der Waals surface area contributed by atoms with E-state index in [1.54, 1.807) is 6.07 Å². The fraction of sp³-hybridized carbons (Fsp3) is 0.600. The van der Waals surface area contributed by atoms with Gasteiger partial charge in [0.2, 0.25) is 11.8 Å². The van der Waals surface area contributed by atoms with E-state index in [-0.39, 0.29) is 17.7 Å². The van der Waals surface area contributed by atoms with Gasteiger partial charge >= 0.3 is 0 Å². The van der Waals surface area contributed by atoms with Crippen molar-refractivity contribution in [1.82, 2.24) is 9.80 Å². The van der Waals surface area contributed by atoms with Gasteiger partial charge in [0.15, 0.2) is 0 Å². The van der Waals surface area contributed by atoms with Gasteiger partial charge in [-0.05, 0) is 44.6 Å². The second-order valence-corrected chi connectivity index (χ2v) is 8.78. The summed E-state index contributed by atoms with van der Waals surface area (Å²) in [6.45, 7) is 7.70. The van der Waals surface area contributed by atoms with Gasteiger partial charge in [-0.25, -0.2) is 0 Å². The van der Waals surface area contributed by atoms with E-state index in [2.05, 4.69) is 5.32 Å². The third kappa shape index (κ3) is 5.45. The summed E-state index contributed by atoms with van der Waals surface area (Å²) in [6.07, 6.45) is 1.65. The summed E-state index contributed by atoms with van der Waals surface area (Å²) in [4.78, 5) is 29.0. The molecule has 1 aliphatic heterocycles. The molecule has 1 aromatic rings. The van der Waals surface area contributed by atoms with Gasteiger partial charge in [0.1, 0.15) is 0 Å². The largest absolute Gasteiger partial charge is 0.341 e. The van der Waals surface area contributed by atoms with E-state index in [1.807, 2.05) is 56.8 Å². The molecule has 0 aliphatic carbocycles. The highest BCUT2D eigenvalue weighted by Gasteiger charge is 2.33. The van der Waals surface area contributed by atoms with Crippen molar-refractivity contribution in [1.29, 1.82) is 0 Å². The van der Waals surface area contributed by atoms with E-state index in [9.17, 15) is 9.59 Å². The van der Waals surface area contributed by atoms with Crippen molar-refractivity contribution in [3.05, 3.63) is 28.8 Å². The number of carbonyl (C=O) groups excluding carboxylic acids is 2. The maximum Gasteiger partial charge on any atom is 0.229 e. The van der Waals surface area contributed by atoms with Crippen LogP contribution in [0, 0.1) is 11.3 Å². The lowest BCUT2D eigenvalue weighted by Crippen LogP contribution is -2.47. The number of hydrogen-bond acceptors (Lipinski definition) is 3. The minimum absolute atomic E-state index is 0.0483. The second kappa shape index (κ2) is 8.40. The summed E-state index contributed by atoms with van der Waals surface area (Å²) in [6, 6.07) is 5.61. The SMILES string of the molecule is CN(C)Cc1ccc(NC(=O)[C@@H]2CCCN(C(=O)C(C)(C)C)C2)cc1Cl. The molecule has 0 saturated carbocycles. The third-order valence-electron chi connectivity index (χ3n) is 4.53. The smallest absolute Gasteiger partial charge is 0.229 e. The zero-order chi connectivity index (χ0) is 19.5. The Bertz CT molecular complexity index is 668. The van der Waals surface area contributed by atoms with Gasteiger partial charge in [-0.15, -0.1) is 0 Å². The van der Waals surface area contributed by atoms with E-state index < -0.39 is 5.41 Å². The molecule has 6 heteroatoms. The van der Waals surface area contributed by atoms with Crippen molar-refractivity contribution in [2.45, 2.75) is 40.2 Å². The van der Waals surface area contributed by atoms with Crippen LogP contribution in [0.5, 0.6) is 0 Å². The van der Waals surface area contributed by atoms with E-state index in [0.717, 1.165) is 31.5 Å². The normalized spacial score (nSPS) is 18.1. The summed E-state index contributed by atoms with van der Waals surface area (Å²) < 4.78 is 0. The molecule has 0 spiro atoms. The molecule has 144 valence electrons. The molecule has 1 aromatic carbocycles. The second-order valence-electron chi connectivity index (χ2n) is 8.37. The molecule has 1 N–H and O–H groups in total. The van der Waals surface area contributed by atoms with Crippen LogP contribution in [-0.4, -0.2) is 48.8 Å². The lowest BCUT2D eigenvalue weighted by Gasteiger charge is -2.35. The Labute approximate surface area is 161 Å². The first-order valence-corrected chi connectivity index (χ1v) is 9.49. The summed E-state index contributed by atoms with van der Waals surface area (Å²) >= 11 is 6.33. The van der Waals surface area contributed by atoms with Gasteiger partial charge in [-0.2, -0.15) is 0 Å². The quantitative estimate of drug-likeness (QED) is 0.869. The maximum atomic E-state index is 12.7. The minimum Gasteiger partial charge on any atom is -0.341 e. The highest BCUT2D eigenvalue weighted by Crippen LogP contribution is 2.26. The topological polar surface area (TPSA) is 52.7 Å². The Morgan fingerprint density at radius 2 is 2.00 bits per heavy atom. The average molecular weight is 380 g/mol. The average Bonchev–Trinajstić information content (AvgIpc) is 2.55. The van der Waals surface area contributed by atoms with Crippen LogP contribution in [0.1, 0.15) is 39.2 Å². The summed E-state index contributed by atoms with van der Waals surface area (Å²) in [5.41, 5.74) is 1.30. The van der Waals surface area contributed by atoms with Gasteiger partial charge in [0.25, 0.3) is 0 Å². The number of likely N-dealkylation sites (tertiary alicyclic amines) is 1. The van der Waals surface area contributed by atoms with E-state index in [1.165, 1.54) is 0 Å². The number of rotatable bonds is 4. The van der Waals surface area contributed by atoms with Crippen LogP contribution in [0.3, 0.4) is 0 Å². The standard InChI is InChI=1S/C20H30ClN3O2/c1-20(2,3)19(26)24-10-6-7-15(13-24)18(25)22-16-9-8-14(12-23(4)5)17(21)11-16/h8-9,11,15H,6-7,10,12-13H2,1-5H3,(H,22,25)/t15-/m1/s1. The number of benzene rings is 1. The summed E-state index contributed by atoms with van der Waals surface area (Å²) in [7, 11) is 3.97. The summed E-state index contributed by atoms with van der Waals surface area (Å²) in [5.74, 6) is -0.130. The van der Waals surface area contributed by atoms with Crippen molar-refractivity contribution < 1.29 is 9.59 Å². The van der Waals surface area contributed by atoms with Crippen LogP contribution in [0.15, 0.2) is 18.2 Å². The molecular formula is C20H30ClN3O2. The first-order valence-electron chi connectivity index (χ1n) is 9.11. The molecule has 1 aliphatic rings. The van der Waals surface area contributed by atoms with Crippen molar-refractivity contribution in [2.75, 3.05) is 32.5 Å². The lowest BCUT2D eigenvalue weighted by atomic mass is 9.91. The maximum absolute atomic E-state index is 12.7. The predicted octanol–water partition coefficient (Wildman–Crippen LogP) is 3.62. The predicted molar refractivity (Wildman–Crippen MR) is 106 cm³/mol. The number of halogens is 1. The molecule has 26 heavy (non-hydrogen) atoms. The number of anilines is 1. The Morgan fingerprint density at radius 1 is 1.31 bits per heavy atom. The van der Waals surface area contributed by atoms with Crippen LogP contribution >= 0.6 is 11.6 Å². The Kier molecular flexibility index (Phi) is 6.69. The zero-order valence-electron chi connectivity index (χ0n) is 16.4. The van der Waals surface area contributed by atoms with Crippen LogP contribution in [0.25, 0.3) is 0 Å². The molecule has 1 heterocycles. The van der Waals surface area contributed by atoms with Gasteiger partial charge in [-0.3, -0.25) is 9.59 Å². The van der Waals surface area contributed by atoms with Crippen LogP contribution in [-0.2, 0) is 16.1 Å². The Morgan fingerprint density at radius 3 is 2.58 bits per heavy atom. The number of nitrogens with one attached hydrogen (secondary N) is 1. The molecule has 2 amide bonds. The highest BCUT2D eigenvalue weighted by molar-refractivity contribution is 6.31. The van der Waals surface area contributed by atoms with Crippen LogP contribution in [0.4, 0.5) is 5.69 Å². The number of amides is 2. The fourth-order valence-corrected chi connectivity index (χ4v) is 3.43. The molecule has 1 atom stereocenters. The van der Waals surface area contributed by atoms with Crippen molar-refractivity contribution in [3.8, 4) is 0 Å². The van der Waals surface area contributed by atoms with Gasteiger partial charge in [-0.1, -0.05) is 38.4 Å². The molecular weight excluding hydrogens is 350 g/mol. The van der Waals surface area contributed by atoms with Crippen molar-refractivity contribution >= 4 is 29.1 Å². The zero-order valence-corrected chi connectivity index (χ0v) is 17.2. The van der Waals surface area contributed by atoms with Crippen molar-refractivity contribution in [3.63, 3.8) is 0 Å². The number of carbonyl (C=O) groups is 2. The Balaban J connectivity index is 2.01. The first-order chi connectivity index (χ1) is 12.1. The van der Waals surface area contributed by atoms with Crippen LogP contribution < -0.4 is 5.32 Å². The third-order valence-corrected chi connectivity index (χ3v) is 4.88. The fourth-order valence-electron chi connectivity index (χ4n) is 3.19. The number of piperidine rings is 1. The first kappa shape index (κ1) is 20.7. The molecule has 1 fully saturated rings. The van der Waals surface area contributed by atoms with E-state index in [0.29, 0.717) is 17.3 Å². The molecule has 2 rings (SSSR count). The molecule has 0 aromatic heterocycles. The molecule has 0 radical (unpaired) electrons. The van der Waals surface area contributed by atoms with Gasteiger partial charge in [0, 0.05) is 35.8 Å². The van der Waals surface area contributed by atoms with Gasteiger partial charge < -0.3 is 15.1 Å². The molecule has 5 nitrogen and oxygen atoms in total.